The van der Waals surface area contributed by atoms with E-state index >= 15 is 0 Å². The zero-order valence-corrected chi connectivity index (χ0v) is 13.0. The van der Waals surface area contributed by atoms with Crippen LogP contribution in [0, 0.1) is 5.82 Å². The van der Waals surface area contributed by atoms with Crippen molar-refractivity contribution in [2.75, 3.05) is 5.32 Å². The summed E-state index contributed by atoms with van der Waals surface area (Å²) in [6.45, 7) is 0. The van der Waals surface area contributed by atoms with E-state index in [1.54, 1.807) is 24.3 Å². The Balaban J connectivity index is 1.77. The largest absolute Gasteiger partial charge is 0.422 e. The lowest BCUT2D eigenvalue weighted by molar-refractivity contribution is 0.0974. The Morgan fingerprint density at radius 1 is 1.08 bits per heavy atom. The van der Waals surface area contributed by atoms with Crippen LogP contribution in [0.25, 0.3) is 11.0 Å². The molecule has 0 saturated carbocycles. The minimum atomic E-state index is -0.754. The Hall–Kier alpha value is -3.06. The SMILES string of the molecule is O=C(NC(=S)Nc1ccc(F)cc1)c1cc2ccccc2oc1=O. The van der Waals surface area contributed by atoms with Crippen LogP contribution in [0.4, 0.5) is 10.1 Å². The summed E-state index contributed by atoms with van der Waals surface area (Å²) in [6, 6.07) is 13.8. The van der Waals surface area contributed by atoms with Crippen LogP contribution in [0.1, 0.15) is 10.4 Å². The molecule has 24 heavy (non-hydrogen) atoms. The standard InChI is InChI=1S/C17H11FN2O3S/c18-11-5-7-12(8-6-11)19-17(24)20-15(21)13-9-10-3-1-2-4-14(10)23-16(13)22/h1-9H,(H2,19,20,21,24). The lowest BCUT2D eigenvalue weighted by Crippen LogP contribution is -2.36. The molecule has 0 aliphatic heterocycles. The molecule has 5 nitrogen and oxygen atoms in total. The molecule has 0 bridgehead atoms. The molecular weight excluding hydrogens is 331 g/mol. The molecule has 2 aromatic carbocycles. The number of amides is 1. The van der Waals surface area contributed by atoms with E-state index in [4.69, 9.17) is 16.6 Å². The van der Waals surface area contributed by atoms with Gasteiger partial charge in [0.25, 0.3) is 5.91 Å². The number of nitrogens with one attached hydrogen (secondary N) is 2. The van der Waals surface area contributed by atoms with Crippen molar-refractivity contribution in [3.8, 4) is 0 Å². The zero-order valence-electron chi connectivity index (χ0n) is 12.2. The second kappa shape index (κ2) is 6.59. The Bertz CT molecular complexity index is 983. The van der Waals surface area contributed by atoms with Crippen molar-refractivity contribution < 1.29 is 13.6 Å². The Morgan fingerprint density at radius 2 is 1.79 bits per heavy atom. The molecule has 0 radical (unpaired) electrons. The molecule has 0 aliphatic carbocycles. The molecule has 0 saturated heterocycles. The summed E-state index contributed by atoms with van der Waals surface area (Å²) in [5.74, 6) is -1.07. The van der Waals surface area contributed by atoms with Crippen molar-refractivity contribution in [3.05, 3.63) is 76.4 Å². The molecule has 3 rings (SSSR count). The highest BCUT2D eigenvalue weighted by atomic mass is 32.1. The maximum Gasteiger partial charge on any atom is 0.349 e. The first-order valence-corrected chi connectivity index (χ1v) is 7.34. The van der Waals surface area contributed by atoms with Gasteiger partial charge in [0.2, 0.25) is 0 Å². The highest BCUT2D eigenvalue weighted by molar-refractivity contribution is 7.80. The molecule has 1 heterocycles. The molecule has 0 atom stereocenters. The van der Waals surface area contributed by atoms with Gasteiger partial charge in [0.15, 0.2) is 5.11 Å². The molecule has 0 unspecified atom stereocenters. The van der Waals surface area contributed by atoms with Gasteiger partial charge in [0, 0.05) is 11.1 Å². The van der Waals surface area contributed by atoms with E-state index in [0.717, 1.165) is 0 Å². The van der Waals surface area contributed by atoms with Crippen LogP contribution in [0.3, 0.4) is 0 Å². The third kappa shape index (κ3) is 3.47. The number of hydrogen-bond acceptors (Lipinski definition) is 4. The van der Waals surface area contributed by atoms with Crippen molar-refractivity contribution in [2.45, 2.75) is 0 Å². The summed E-state index contributed by atoms with van der Waals surface area (Å²) in [4.78, 5) is 24.1. The number of carbonyl (C=O) groups is 1. The van der Waals surface area contributed by atoms with Gasteiger partial charge in [0.1, 0.15) is 17.0 Å². The average Bonchev–Trinajstić information content (AvgIpc) is 2.56. The molecule has 2 N–H and O–H groups in total. The minimum absolute atomic E-state index is 0.0147. The van der Waals surface area contributed by atoms with E-state index < -0.39 is 11.5 Å². The van der Waals surface area contributed by atoms with Crippen LogP contribution < -0.4 is 16.3 Å². The normalized spacial score (nSPS) is 10.4. The second-order valence-electron chi connectivity index (χ2n) is 4.90. The molecule has 0 spiro atoms. The van der Waals surface area contributed by atoms with Crippen molar-refractivity contribution in [1.29, 1.82) is 0 Å². The topological polar surface area (TPSA) is 71.3 Å². The summed E-state index contributed by atoms with van der Waals surface area (Å²) in [7, 11) is 0. The number of benzene rings is 2. The third-order valence-corrected chi connectivity index (χ3v) is 3.42. The summed E-state index contributed by atoms with van der Waals surface area (Å²) < 4.78 is 18.0. The number of anilines is 1. The Kier molecular flexibility index (Phi) is 4.35. The van der Waals surface area contributed by atoms with Crippen molar-refractivity contribution in [2.24, 2.45) is 0 Å². The fraction of sp³-hybridized carbons (Fsp3) is 0. The number of rotatable bonds is 2. The van der Waals surface area contributed by atoms with E-state index in [2.05, 4.69) is 10.6 Å². The van der Waals surface area contributed by atoms with Gasteiger partial charge in [0.05, 0.1) is 0 Å². The maximum atomic E-state index is 12.9. The van der Waals surface area contributed by atoms with Crippen molar-refractivity contribution >= 4 is 39.9 Å². The summed E-state index contributed by atoms with van der Waals surface area (Å²) in [6.07, 6.45) is 0. The first-order chi connectivity index (χ1) is 11.5. The van der Waals surface area contributed by atoms with Gasteiger partial charge in [-0.15, -0.1) is 0 Å². The van der Waals surface area contributed by atoms with Crippen LogP contribution in [0.5, 0.6) is 0 Å². The molecule has 1 aromatic heterocycles. The maximum absolute atomic E-state index is 12.9. The monoisotopic (exact) mass is 342 g/mol. The van der Waals surface area contributed by atoms with Gasteiger partial charge in [-0.25, -0.2) is 9.18 Å². The summed E-state index contributed by atoms with van der Waals surface area (Å²) in [5.41, 5.74) is -0.00829. The number of carbonyl (C=O) groups excluding carboxylic acids is 1. The van der Waals surface area contributed by atoms with E-state index in [1.165, 1.54) is 30.3 Å². The highest BCUT2D eigenvalue weighted by Gasteiger charge is 2.15. The molecular formula is C17H11FN2O3S. The average molecular weight is 342 g/mol. The van der Waals surface area contributed by atoms with Gasteiger partial charge in [-0.3, -0.25) is 10.1 Å². The molecule has 0 fully saturated rings. The Morgan fingerprint density at radius 3 is 2.54 bits per heavy atom. The van der Waals surface area contributed by atoms with Gasteiger partial charge < -0.3 is 9.73 Å². The van der Waals surface area contributed by atoms with Crippen LogP contribution in [-0.2, 0) is 0 Å². The molecule has 3 aromatic rings. The fourth-order valence-electron chi connectivity index (χ4n) is 2.09. The third-order valence-electron chi connectivity index (χ3n) is 3.22. The number of fused-ring (bicyclic) bond motifs is 1. The van der Waals surface area contributed by atoms with Gasteiger partial charge in [-0.2, -0.15) is 0 Å². The summed E-state index contributed by atoms with van der Waals surface area (Å²) >= 11 is 5.01. The molecule has 0 aliphatic rings. The lowest BCUT2D eigenvalue weighted by Gasteiger charge is -2.09. The number of para-hydroxylation sites is 1. The van der Waals surface area contributed by atoms with Gasteiger partial charge in [-0.1, -0.05) is 18.2 Å². The second-order valence-corrected chi connectivity index (χ2v) is 5.31. The molecule has 1 amide bonds. The smallest absolute Gasteiger partial charge is 0.349 e. The number of thiocarbonyl (C=S) groups is 1. The predicted molar refractivity (Wildman–Crippen MR) is 92.6 cm³/mol. The lowest BCUT2D eigenvalue weighted by atomic mass is 10.2. The van der Waals surface area contributed by atoms with Crippen molar-refractivity contribution in [1.82, 2.24) is 5.32 Å². The van der Waals surface area contributed by atoms with Gasteiger partial charge in [-0.05, 0) is 48.6 Å². The molecule has 7 heteroatoms. The van der Waals surface area contributed by atoms with E-state index in [9.17, 15) is 14.0 Å². The van der Waals surface area contributed by atoms with Crippen LogP contribution in [0.2, 0.25) is 0 Å². The quantitative estimate of drug-likeness (QED) is 0.553. The number of hydrogen-bond donors (Lipinski definition) is 2. The summed E-state index contributed by atoms with van der Waals surface area (Å²) in [5, 5.41) is 5.73. The number of halogens is 1. The first kappa shape index (κ1) is 15.8. The van der Waals surface area contributed by atoms with Crippen molar-refractivity contribution in [3.63, 3.8) is 0 Å². The van der Waals surface area contributed by atoms with Crippen LogP contribution >= 0.6 is 12.2 Å². The molecule has 120 valence electrons. The van der Waals surface area contributed by atoms with E-state index in [-0.39, 0.29) is 16.5 Å². The predicted octanol–water partition coefficient (Wildman–Crippen LogP) is 3.06. The van der Waals surface area contributed by atoms with Gasteiger partial charge >= 0.3 is 5.63 Å². The van der Waals surface area contributed by atoms with Crippen LogP contribution in [0.15, 0.2) is 63.8 Å². The van der Waals surface area contributed by atoms with E-state index in [1.807, 2.05) is 0 Å². The Labute approximate surface area is 141 Å². The van der Waals surface area contributed by atoms with E-state index in [0.29, 0.717) is 16.7 Å². The van der Waals surface area contributed by atoms with Crippen LogP contribution in [-0.4, -0.2) is 11.0 Å². The zero-order chi connectivity index (χ0) is 17.1. The fourth-order valence-corrected chi connectivity index (χ4v) is 2.30. The minimum Gasteiger partial charge on any atom is -0.422 e. The highest BCUT2D eigenvalue weighted by Crippen LogP contribution is 2.12. The first-order valence-electron chi connectivity index (χ1n) is 6.94.